The van der Waals surface area contributed by atoms with Crippen LogP contribution in [0.5, 0.6) is 11.5 Å². The van der Waals surface area contributed by atoms with Crippen molar-refractivity contribution in [2.24, 2.45) is 0 Å². The van der Waals surface area contributed by atoms with Gasteiger partial charge in [0.25, 0.3) is 0 Å². The molecular formula is C18H16F3N3O2. The molecule has 0 radical (unpaired) electrons. The highest BCUT2D eigenvalue weighted by molar-refractivity contribution is 5.89. The predicted molar refractivity (Wildman–Crippen MR) is 91.5 cm³/mol. The minimum absolute atomic E-state index is 0.117. The number of methoxy groups -OCH3 is 1. The quantitative estimate of drug-likeness (QED) is 0.667. The monoisotopic (exact) mass is 363 g/mol. The maximum atomic E-state index is 13.0. The number of nitrogens with one attached hydrogen (secondary N) is 1. The van der Waals surface area contributed by atoms with Crippen LogP contribution in [0.15, 0.2) is 48.5 Å². The first-order chi connectivity index (χ1) is 12.5. The number of anilines is 1. The highest BCUT2D eigenvalue weighted by atomic mass is 19.4. The highest BCUT2D eigenvalue weighted by Crippen LogP contribution is 2.30. The Morgan fingerprint density at radius 3 is 2.38 bits per heavy atom. The van der Waals surface area contributed by atoms with Gasteiger partial charge in [0.2, 0.25) is 5.82 Å². The van der Waals surface area contributed by atoms with Gasteiger partial charge in [-0.15, -0.1) is 0 Å². The third-order valence-electron chi connectivity index (χ3n) is 3.58. The Morgan fingerprint density at radius 1 is 0.962 bits per heavy atom. The molecule has 3 rings (SSSR count). The van der Waals surface area contributed by atoms with Gasteiger partial charge in [-0.3, -0.25) is 0 Å². The van der Waals surface area contributed by atoms with Crippen LogP contribution in [0.2, 0.25) is 0 Å². The van der Waals surface area contributed by atoms with Crippen molar-refractivity contribution >= 4 is 16.7 Å². The van der Waals surface area contributed by atoms with Gasteiger partial charge in [-0.25, -0.2) is 9.97 Å². The fourth-order valence-corrected chi connectivity index (χ4v) is 2.41. The largest absolute Gasteiger partial charge is 0.493 e. The molecule has 1 heterocycles. The molecule has 0 fully saturated rings. The molecule has 0 saturated carbocycles. The maximum absolute atomic E-state index is 13.0. The van der Waals surface area contributed by atoms with E-state index in [2.05, 4.69) is 15.3 Å². The number of ether oxygens (including phenoxy) is 2. The Kier molecular flexibility index (Phi) is 5.11. The molecule has 8 heteroatoms. The molecule has 0 unspecified atom stereocenters. The molecule has 0 aliphatic rings. The van der Waals surface area contributed by atoms with Crippen LogP contribution in [0.25, 0.3) is 10.9 Å². The van der Waals surface area contributed by atoms with Crippen molar-refractivity contribution in [2.45, 2.75) is 6.18 Å². The molecule has 136 valence electrons. The summed E-state index contributed by atoms with van der Waals surface area (Å²) in [6, 6.07) is 13.7. The van der Waals surface area contributed by atoms with Crippen LogP contribution in [-0.4, -0.2) is 30.2 Å². The summed E-state index contributed by atoms with van der Waals surface area (Å²) < 4.78 is 49.8. The zero-order chi connectivity index (χ0) is 18.6. The summed E-state index contributed by atoms with van der Waals surface area (Å²) in [5.74, 6) is 0.0792. The molecular weight excluding hydrogens is 347 g/mol. The molecule has 0 aliphatic carbocycles. The summed E-state index contributed by atoms with van der Waals surface area (Å²) in [6.45, 7) is 0.483. The van der Waals surface area contributed by atoms with Crippen molar-refractivity contribution in [3.63, 3.8) is 0 Å². The molecule has 0 bridgehead atoms. The van der Waals surface area contributed by atoms with E-state index in [-0.39, 0.29) is 24.5 Å². The van der Waals surface area contributed by atoms with Gasteiger partial charge >= 0.3 is 6.18 Å². The van der Waals surface area contributed by atoms with Gasteiger partial charge in [0, 0.05) is 5.39 Å². The van der Waals surface area contributed by atoms with Crippen LogP contribution >= 0.6 is 0 Å². The molecule has 26 heavy (non-hydrogen) atoms. The van der Waals surface area contributed by atoms with Crippen molar-refractivity contribution in [2.75, 3.05) is 25.6 Å². The van der Waals surface area contributed by atoms with Gasteiger partial charge in [-0.2, -0.15) is 13.2 Å². The Bertz CT molecular complexity index is 900. The Balaban J connectivity index is 1.74. The van der Waals surface area contributed by atoms with Crippen LogP contribution in [0.1, 0.15) is 5.82 Å². The Labute approximate surface area is 147 Å². The molecule has 0 amide bonds. The SMILES string of the molecule is COc1ccccc1OCCNc1nc(C(F)(F)F)nc2ccccc12. The minimum Gasteiger partial charge on any atom is -0.493 e. The van der Waals surface area contributed by atoms with E-state index in [1.165, 1.54) is 13.2 Å². The molecule has 1 N–H and O–H groups in total. The van der Waals surface area contributed by atoms with Gasteiger partial charge in [0.15, 0.2) is 11.5 Å². The van der Waals surface area contributed by atoms with Crippen molar-refractivity contribution in [3.05, 3.63) is 54.4 Å². The predicted octanol–water partition coefficient (Wildman–Crippen LogP) is 4.15. The number of nitrogens with zero attached hydrogens (tertiary/aromatic N) is 2. The molecule has 0 aliphatic heterocycles. The molecule has 2 aromatic carbocycles. The minimum atomic E-state index is -4.62. The van der Waals surface area contributed by atoms with Gasteiger partial charge < -0.3 is 14.8 Å². The standard InChI is InChI=1S/C18H16F3N3O2/c1-25-14-8-4-5-9-15(14)26-11-10-22-16-12-6-2-3-7-13(12)23-17(24-16)18(19,20)21/h2-9H,10-11H2,1H3,(H,22,23,24). The second-order valence-corrected chi connectivity index (χ2v) is 5.34. The van der Waals surface area contributed by atoms with Crippen LogP contribution in [0.3, 0.4) is 0 Å². The van der Waals surface area contributed by atoms with E-state index in [9.17, 15) is 13.2 Å². The van der Waals surface area contributed by atoms with Gasteiger partial charge in [0.1, 0.15) is 12.4 Å². The summed E-state index contributed by atoms with van der Waals surface area (Å²) in [7, 11) is 1.53. The van der Waals surface area contributed by atoms with Gasteiger partial charge in [-0.05, 0) is 24.3 Å². The van der Waals surface area contributed by atoms with Crippen LogP contribution in [0.4, 0.5) is 19.0 Å². The van der Waals surface area contributed by atoms with E-state index in [4.69, 9.17) is 9.47 Å². The zero-order valence-corrected chi connectivity index (χ0v) is 13.9. The van der Waals surface area contributed by atoms with Gasteiger partial charge in [0.05, 0.1) is 19.2 Å². The average molecular weight is 363 g/mol. The van der Waals surface area contributed by atoms with Crippen molar-refractivity contribution in [3.8, 4) is 11.5 Å². The van der Waals surface area contributed by atoms with Crippen molar-refractivity contribution in [1.82, 2.24) is 9.97 Å². The summed E-state index contributed by atoms with van der Waals surface area (Å²) in [4.78, 5) is 7.20. The van der Waals surface area contributed by atoms with E-state index in [1.54, 1.807) is 36.4 Å². The Morgan fingerprint density at radius 2 is 1.65 bits per heavy atom. The average Bonchev–Trinajstić information content (AvgIpc) is 2.64. The summed E-state index contributed by atoms with van der Waals surface area (Å²) in [6.07, 6.45) is -4.62. The van der Waals surface area contributed by atoms with Crippen LogP contribution < -0.4 is 14.8 Å². The summed E-state index contributed by atoms with van der Waals surface area (Å²) in [5, 5.41) is 3.40. The number of para-hydroxylation sites is 3. The fraction of sp³-hybridized carbons (Fsp3) is 0.222. The number of rotatable bonds is 6. The number of benzene rings is 2. The number of alkyl halides is 3. The van der Waals surface area contributed by atoms with Crippen molar-refractivity contribution < 1.29 is 22.6 Å². The second kappa shape index (κ2) is 7.47. The van der Waals surface area contributed by atoms with Gasteiger partial charge in [-0.1, -0.05) is 24.3 Å². The third kappa shape index (κ3) is 3.96. The molecule has 5 nitrogen and oxygen atoms in total. The third-order valence-corrected chi connectivity index (χ3v) is 3.58. The first-order valence-corrected chi connectivity index (χ1v) is 7.82. The number of aromatic nitrogens is 2. The van der Waals surface area contributed by atoms with E-state index >= 15 is 0 Å². The van der Waals surface area contributed by atoms with Crippen molar-refractivity contribution in [1.29, 1.82) is 0 Å². The highest BCUT2D eigenvalue weighted by Gasteiger charge is 2.35. The molecule has 3 aromatic rings. The second-order valence-electron chi connectivity index (χ2n) is 5.34. The van der Waals surface area contributed by atoms with Crippen LogP contribution in [0, 0.1) is 0 Å². The lowest BCUT2D eigenvalue weighted by atomic mass is 10.2. The Hall–Kier alpha value is -3.03. The lowest BCUT2D eigenvalue weighted by molar-refractivity contribution is -0.144. The maximum Gasteiger partial charge on any atom is 0.451 e. The fourth-order valence-electron chi connectivity index (χ4n) is 2.41. The molecule has 0 spiro atoms. The summed E-state index contributed by atoms with van der Waals surface area (Å²) in [5.41, 5.74) is 0.225. The molecule has 0 saturated heterocycles. The lowest BCUT2D eigenvalue weighted by Gasteiger charge is -2.13. The van der Waals surface area contributed by atoms with E-state index < -0.39 is 12.0 Å². The number of hydrogen-bond donors (Lipinski definition) is 1. The first-order valence-electron chi connectivity index (χ1n) is 7.82. The van der Waals surface area contributed by atoms with Crippen LogP contribution in [-0.2, 0) is 6.18 Å². The molecule has 0 atom stereocenters. The smallest absolute Gasteiger partial charge is 0.451 e. The first kappa shape index (κ1) is 17.8. The van der Waals surface area contributed by atoms with E-state index in [1.807, 2.05) is 6.07 Å². The normalized spacial score (nSPS) is 11.4. The van der Waals surface area contributed by atoms with E-state index in [0.29, 0.717) is 16.9 Å². The number of hydrogen-bond acceptors (Lipinski definition) is 5. The number of halogens is 3. The molecule has 1 aromatic heterocycles. The lowest BCUT2D eigenvalue weighted by Crippen LogP contribution is -2.16. The van der Waals surface area contributed by atoms with E-state index in [0.717, 1.165) is 0 Å². The zero-order valence-electron chi connectivity index (χ0n) is 13.9. The number of fused-ring (bicyclic) bond motifs is 1. The topological polar surface area (TPSA) is 56.3 Å². The summed E-state index contributed by atoms with van der Waals surface area (Å²) >= 11 is 0.